The predicted octanol–water partition coefficient (Wildman–Crippen LogP) is 3.68. The lowest BCUT2D eigenvalue weighted by molar-refractivity contribution is 0.353. The normalized spacial score (nSPS) is 25.8. The zero-order valence-electron chi connectivity index (χ0n) is 10.9. The monoisotopic (exact) mass is 378 g/mol. The molecule has 2 unspecified atom stereocenters. The van der Waals surface area contributed by atoms with Gasteiger partial charge >= 0.3 is 0 Å². The van der Waals surface area contributed by atoms with E-state index in [0.29, 0.717) is 18.1 Å². The number of ether oxygens (including phenoxy) is 1. The molecule has 0 bridgehead atoms. The highest BCUT2D eigenvalue weighted by molar-refractivity contribution is 9.09. The van der Waals surface area contributed by atoms with E-state index in [4.69, 9.17) is 16.3 Å². The first-order chi connectivity index (χ1) is 9.49. The first kappa shape index (κ1) is 14.7. The first-order valence-electron chi connectivity index (χ1n) is 6.80. The zero-order chi connectivity index (χ0) is 14.3. The Morgan fingerprint density at radius 3 is 2.90 bits per heavy atom. The fraction of sp³-hybridized carbons (Fsp3) is 0.571. The number of hydrogen-bond donors (Lipinski definition) is 0. The van der Waals surface area contributed by atoms with Crippen molar-refractivity contribution in [1.29, 1.82) is 0 Å². The van der Waals surface area contributed by atoms with E-state index >= 15 is 0 Å². The number of benzene rings is 1. The molecule has 3 rings (SSSR count). The van der Waals surface area contributed by atoms with Gasteiger partial charge in [0.1, 0.15) is 5.75 Å². The maximum absolute atomic E-state index is 12.3. The molecule has 1 saturated heterocycles. The molecule has 0 amide bonds. The lowest BCUT2D eigenvalue weighted by Gasteiger charge is -2.27. The van der Waals surface area contributed by atoms with Gasteiger partial charge in [-0.15, -0.1) is 0 Å². The van der Waals surface area contributed by atoms with E-state index in [9.17, 15) is 8.42 Å². The van der Waals surface area contributed by atoms with Gasteiger partial charge in [-0.05, 0) is 30.5 Å². The van der Waals surface area contributed by atoms with Crippen LogP contribution in [-0.4, -0.2) is 26.0 Å². The zero-order valence-corrected chi connectivity index (χ0v) is 14.1. The average molecular weight is 380 g/mol. The van der Waals surface area contributed by atoms with Gasteiger partial charge in [-0.25, -0.2) is 8.42 Å². The van der Waals surface area contributed by atoms with E-state index in [1.807, 2.05) is 12.1 Å². The van der Waals surface area contributed by atoms with Crippen molar-refractivity contribution in [2.45, 2.75) is 35.8 Å². The summed E-state index contributed by atoms with van der Waals surface area (Å²) < 4.78 is 30.2. The Labute approximate surface area is 132 Å². The smallest absolute Gasteiger partial charge is 0.154 e. The molecule has 0 N–H and O–H groups in total. The molecule has 1 aromatic carbocycles. The van der Waals surface area contributed by atoms with Crippen LogP contribution in [0.25, 0.3) is 0 Å². The minimum absolute atomic E-state index is 0.252. The lowest BCUT2D eigenvalue weighted by atomic mass is 10.0. The summed E-state index contributed by atoms with van der Waals surface area (Å²) in [5.41, 5.74) is 1.95. The highest BCUT2D eigenvalue weighted by atomic mass is 79.9. The molecule has 0 radical (unpaired) electrons. The second kappa shape index (κ2) is 5.50. The molecule has 0 saturated carbocycles. The maximum atomic E-state index is 12.3. The Bertz CT molecular complexity index is 630. The molecule has 0 aliphatic carbocycles. The van der Waals surface area contributed by atoms with Crippen LogP contribution in [0.4, 0.5) is 0 Å². The maximum Gasteiger partial charge on any atom is 0.154 e. The summed E-state index contributed by atoms with van der Waals surface area (Å²) in [7, 11) is -3.05. The summed E-state index contributed by atoms with van der Waals surface area (Å²) in [6.45, 7) is 0.639. The Morgan fingerprint density at radius 2 is 2.15 bits per heavy atom. The van der Waals surface area contributed by atoms with E-state index in [-0.39, 0.29) is 15.8 Å². The van der Waals surface area contributed by atoms with Crippen LogP contribution in [0.5, 0.6) is 5.75 Å². The fourth-order valence-electron chi connectivity index (χ4n) is 3.01. The van der Waals surface area contributed by atoms with Gasteiger partial charge in [-0.1, -0.05) is 34.0 Å². The molecular formula is C14H16BrClO3S. The Hall–Kier alpha value is -0.260. The topological polar surface area (TPSA) is 43.4 Å². The third-order valence-electron chi connectivity index (χ3n) is 4.03. The molecule has 0 spiro atoms. The molecule has 20 heavy (non-hydrogen) atoms. The highest BCUT2D eigenvalue weighted by Gasteiger charge is 2.37. The van der Waals surface area contributed by atoms with Crippen molar-refractivity contribution in [3.8, 4) is 5.75 Å². The van der Waals surface area contributed by atoms with E-state index in [2.05, 4.69) is 15.9 Å². The van der Waals surface area contributed by atoms with Gasteiger partial charge in [0.2, 0.25) is 0 Å². The molecule has 110 valence electrons. The van der Waals surface area contributed by atoms with Gasteiger partial charge in [0, 0.05) is 17.0 Å². The molecular weight excluding hydrogens is 364 g/mol. The van der Waals surface area contributed by atoms with Crippen LogP contribution in [0.2, 0.25) is 5.02 Å². The minimum Gasteiger partial charge on any atom is -0.493 e. The summed E-state index contributed by atoms with van der Waals surface area (Å²) in [6, 6.07) is 3.73. The summed E-state index contributed by atoms with van der Waals surface area (Å²) in [5, 5.41) is 0.255. The van der Waals surface area contributed by atoms with Crippen LogP contribution in [0.1, 0.15) is 35.2 Å². The number of rotatable bonds is 2. The van der Waals surface area contributed by atoms with Crippen LogP contribution < -0.4 is 4.74 Å². The first-order valence-corrected chi connectivity index (χ1v) is 9.81. The highest BCUT2D eigenvalue weighted by Crippen LogP contribution is 2.44. The SMILES string of the molecule is O=S1(=O)CCCCC1C(Br)c1cc(Cl)cc2c1OCC2. The van der Waals surface area contributed by atoms with Crippen molar-refractivity contribution >= 4 is 37.4 Å². The molecule has 0 aromatic heterocycles. The Kier molecular flexibility index (Phi) is 4.04. The molecule has 2 atom stereocenters. The van der Waals surface area contributed by atoms with Crippen LogP contribution in [0.3, 0.4) is 0 Å². The van der Waals surface area contributed by atoms with Crippen molar-refractivity contribution < 1.29 is 13.2 Å². The summed E-state index contributed by atoms with van der Waals surface area (Å²) in [5.74, 6) is 1.10. The Morgan fingerprint density at radius 1 is 1.35 bits per heavy atom. The second-order valence-electron chi connectivity index (χ2n) is 5.38. The van der Waals surface area contributed by atoms with E-state index in [0.717, 1.165) is 36.1 Å². The third kappa shape index (κ3) is 2.60. The fourth-order valence-corrected chi connectivity index (χ4v) is 6.80. The largest absolute Gasteiger partial charge is 0.493 e. The van der Waals surface area contributed by atoms with Crippen LogP contribution in [0.15, 0.2) is 12.1 Å². The Balaban J connectivity index is 2.01. The third-order valence-corrected chi connectivity index (χ3v) is 8.02. The number of fused-ring (bicyclic) bond motifs is 1. The average Bonchev–Trinajstić information content (AvgIpc) is 2.84. The van der Waals surface area contributed by atoms with Crippen molar-refractivity contribution in [3.63, 3.8) is 0 Å². The van der Waals surface area contributed by atoms with Crippen molar-refractivity contribution in [1.82, 2.24) is 0 Å². The van der Waals surface area contributed by atoms with Gasteiger partial charge in [-0.2, -0.15) is 0 Å². The molecule has 1 fully saturated rings. The van der Waals surface area contributed by atoms with Gasteiger partial charge in [-0.3, -0.25) is 0 Å². The predicted molar refractivity (Wildman–Crippen MR) is 83.7 cm³/mol. The van der Waals surface area contributed by atoms with Crippen LogP contribution >= 0.6 is 27.5 Å². The van der Waals surface area contributed by atoms with Crippen molar-refractivity contribution in [2.75, 3.05) is 12.4 Å². The minimum atomic E-state index is -3.05. The van der Waals surface area contributed by atoms with Crippen LogP contribution in [0, 0.1) is 0 Å². The van der Waals surface area contributed by atoms with Gasteiger partial charge in [0.15, 0.2) is 9.84 Å². The number of alkyl halides is 1. The molecule has 1 aromatic rings. The molecule has 2 heterocycles. The lowest BCUT2D eigenvalue weighted by Crippen LogP contribution is -2.31. The van der Waals surface area contributed by atoms with Gasteiger partial charge in [0.25, 0.3) is 0 Å². The van der Waals surface area contributed by atoms with Crippen molar-refractivity contribution in [2.24, 2.45) is 0 Å². The molecule has 3 nitrogen and oxygen atoms in total. The number of hydrogen-bond acceptors (Lipinski definition) is 3. The molecule has 2 aliphatic heterocycles. The van der Waals surface area contributed by atoms with Gasteiger partial charge in [0.05, 0.1) is 22.4 Å². The quantitative estimate of drug-likeness (QED) is 0.736. The van der Waals surface area contributed by atoms with E-state index < -0.39 is 9.84 Å². The molecule has 2 aliphatic rings. The number of sulfone groups is 1. The standard InChI is InChI=1S/C14H16BrClO3S/c15-13(12-3-1-2-6-20(12,17)18)11-8-10(16)7-9-4-5-19-14(9)11/h7-8,12-13H,1-6H2. The van der Waals surface area contributed by atoms with Gasteiger partial charge < -0.3 is 4.74 Å². The summed E-state index contributed by atoms with van der Waals surface area (Å²) in [4.78, 5) is -0.252. The van der Waals surface area contributed by atoms with E-state index in [1.165, 1.54) is 0 Å². The second-order valence-corrected chi connectivity index (χ2v) is 9.15. The molecule has 6 heteroatoms. The van der Waals surface area contributed by atoms with Crippen LogP contribution in [-0.2, 0) is 16.3 Å². The summed E-state index contributed by atoms with van der Waals surface area (Å²) >= 11 is 9.75. The summed E-state index contributed by atoms with van der Waals surface area (Å²) in [6.07, 6.45) is 3.25. The van der Waals surface area contributed by atoms with Crippen molar-refractivity contribution in [3.05, 3.63) is 28.3 Å². The number of halogens is 2. The van der Waals surface area contributed by atoms with E-state index in [1.54, 1.807) is 0 Å².